The molecule has 15 aromatic rings. The fourth-order valence-corrected chi connectivity index (χ4v) is 15.7. The van der Waals surface area contributed by atoms with Crippen molar-refractivity contribution in [2.45, 2.75) is 52.4 Å². The number of furan rings is 1. The van der Waals surface area contributed by atoms with E-state index >= 15 is 0 Å². The summed E-state index contributed by atoms with van der Waals surface area (Å²) in [6, 6.07) is 102. The predicted octanol–water partition coefficient (Wildman–Crippen LogP) is 21.9. The number of benzene rings is 13. The van der Waals surface area contributed by atoms with E-state index in [0.717, 1.165) is 90.2 Å². The van der Waals surface area contributed by atoms with Crippen molar-refractivity contribution in [1.82, 2.24) is 0 Å². The summed E-state index contributed by atoms with van der Waals surface area (Å²) in [6.45, 7) is 13.6. The Kier molecular flexibility index (Phi) is 12.0. The summed E-state index contributed by atoms with van der Waals surface area (Å²) in [4.78, 5) is 10.1. The number of anilines is 12. The summed E-state index contributed by atoms with van der Waals surface area (Å²) in [6.07, 6.45) is 0. The number of hydrogen-bond acceptors (Lipinski definition) is 6. The summed E-state index contributed by atoms with van der Waals surface area (Å²) in [5.41, 5.74) is 21.2. The van der Waals surface area contributed by atoms with Crippen molar-refractivity contribution in [1.29, 1.82) is 0 Å². The summed E-state index contributed by atoms with van der Waals surface area (Å²) in [5, 5.41) is 9.49. The van der Waals surface area contributed by atoms with Crippen molar-refractivity contribution >= 4 is 166 Å². The van der Waals surface area contributed by atoms with Gasteiger partial charge in [-0.2, -0.15) is 0 Å². The van der Waals surface area contributed by atoms with Crippen molar-refractivity contribution in [3.63, 3.8) is 0 Å². The summed E-state index contributed by atoms with van der Waals surface area (Å²) >= 11 is 1.92. The first-order valence-electron chi connectivity index (χ1n) is 31.0. The zero-order chi connectivity index (χ0) is 59.9. The van der Waals surface area contributed by atoms with E-state index in [9.17, 15) is 0 Å². The lowest BCUT2D eigenvalue weighted by atomic mass is 9.33. The van der Waals surface area contributed by atoms with Crippen molar-refractivity contribution in [3.05, 3.63) is 284 Å². The average Bonchev–Trinajstić information content (AvgIpc) is 1.59. The lowest BCUT2D eigenvalue weighted by molar-refractivity contribution is 0.590. The smallest absolute Gasteiger partial charge is 0.254 e. The van der Waals surface area contributed by atoms with Gasteiger partial charge in [-0.1, -0.05) is 205 Å². The van der Waals surface area contributed by atoms with Crippen molar-refractivity contribution < 1.29 is 4.42 Å². The quantitative estimate of drug-likeness (QED) is 0.112. The maximum Gasteiger partial charge on any atom is 0.254 e. The Morgan fingerprint density at radius 2 is 0.899 bits per heavy atom. The summed E-state index contributed by atoms with van der Waals surface area (Å²) in [7, 11) is 0. The van der Waals surface area contributed by atoms with Gasteiger partial charge in [-0.15, -0.1) is 11.3 Å². The Morgan fingerprint density at radius 1 is 0.371 bits per heavy atom. The van der Waals surface area contributed by atoms with Crippen LogP contribution in [0.3, 0.4) is 0 Å². The number of fused-ring (bicyclic) bond motifs is 14. The van der Waals surface area contributed by atoms with Gasteiger partial charge < -0.3 is 24.0 Å². The van der Waals surface area contributed by atoms with Crippen molar-refractivity contribution in [3.8, 4) is 0 Å². The minimum atomic E-state index is -0.179. The molecule has 17 rings (SSSR count). The maximum absolute atomic E-state index is 7.01. The highest BCUT2D eigenvalue weighted by atomic mass is 32.1. The lowest BCUT2D eigenvalue weighted by Crippen LogP contribution is -2.61. The fourth-order valence-electron chi connectivity index (χ4n) is 14.4. The van der Waals surface area contributed by atoms with Gasteiger partial charge in [0, 0.05) is 87.8 Å². The highest BCUT2D eigenvalue weighted by Crippen LogP contribution is 2.53. The minimum absolute atomic E-state index is 0.0277. The summed E-state index contributed by atoms with van der Waals surface area (Å²) in [5.74, 6) is 0. The van der Waals surface area contributed by atoms with E-state index in [1.165, 1.54) is 69.2 Å². The van der Waals surface area contributed by atoms with Gasteiger partial charge in [0.25, 0.3) is 6.71 Å². The zero-order valence-electron chi connectivity index (χ0n) is 50.7. The molecule has 0 saturated heterocycles. The number of thiophene rings is 1. The van der Waals surface area contributed by atoms with Gasteiger partial charge in [-0.3, -0.25) is 0 Å². The number of nitrogens with zero attached hydrogens (tertiary/aromatic N) is 4. The molecule has 0 saturated carbocycles. The third-order valence-electron chi connectivity index (χ3n) is 18.7. The van der Waals surface area contributed by atoms with E-state index < -0.39 is 0 Å². The van der Waals surface area contributed by atoms with Crippen LogP contribution in [0.5, 0.6) is 0 Å². The predicted molar refractivity (Wildman–Crippen MR) is 382 cm³/mol. The molecule has 0 spiro atoms. The second-order valence-electron chi connectivity index (χ2n) is 26.1. The topological polar surface area (TPSA) is 26.1 Å². The zero-order valence-corrected chi connectivity index (χ0v) is 51.5. The van der Waals surface area contributed by atoms with Crippen LogP contribution < -0.4 is 36.0 Å². The van der Waals surface area contributed by atoms with Gasteiger partial charge in [0.15, 0.2) is 5.58 Å². The second-order valence-corrected chi connectivity index (χ2v) is 27.1. The molecule has 426 valence electrons. The Bertz CT molecular complexity index is 5270. The van der Waals surface area contributed by atoms with Crippen LogP contribution in [0.15, 0.2) is 277 Å². The van der Waals surface area contributed by atoms with E-state index in [4.69, 9.17) is 4.42 Å². The van der Waals surface area contributed by atoms with Crippen LogP contribution in [0, 0.1) is 0 Å². The van der Waals surface area contributed by atoms with E-state index in [2.05, 4.69) is 334 Å². The molecule has 0 amide bonds. The molecule has 0 radical (unpaired) electrons. The van der Waals surface area contributed by atoms with Gasteiger partial charge in [-0.25, -0.2) is 0 Å². The normalized spacial score (nSPS) is 13.0. The average molecular weight is 1160 g/mol. The van der Waals surface area contributed by atoms with Crippen molar-refractivity contribution in [2.24, 2.45) is 0 Å². The van der Waals surface area contributed by atoms with Gasteiger partial charge in [0.05, 0.1) is 11.4 Å². The molecular formula is C82H63BN4OS. The second kappa shape index (κ2) is 20.1. The molecule has 0 atom stereocenters. The standard InChI is InChI=1S/C82H63BN4OS/c1-81(2,3)54-38-43-58(44-39-54)86-68-30-20-31-69-77(68)83(67-48-47-61(50-71(67)86)85(70-32-19-29-64-63-27-15-17-33-74(63)88-79(64)70)60-42-37-53-36-35-52-21-13-14-26-62(52)66(53)49-60)78-73(87(69)59-45-40-55(41-46-59)82(4,5)6)51-72(76-65-28-16-18-34-75(65)89-80(76)78)84(56-22-9-7-10-23-56)57-24-11-8-12-25-57/h7-51H,1-6H3. The van der Waals surface area contributed by atoms with Gasteiger partial charge in [0.2, 0.25) is 0 Å². The Morgan fingerprint density at radius 3 is 1.57 bits per heavy atom. The molecular weight excluding hydrogens is 1100 g/mol. The van der Waals surface area contributed by atoms with Gasteiger partial charge >= 0.3 is 0 Å². The summed E-state index contributed by atoms with van der Waals surface area (Å²) < 4.78 is 9.54. The first-order chi connectivity index (χ1) is 43.4. The largest absolute Gasteiger partial charge is 0.454 e. The number of hydrogen-bond donors (Lipinski definition) is 0. The Labute approximate surface area is 523 Å². The van der Waals surface area contributed by atoms with Gasteiger partial charge in [0.1, 0.15) is 5.58 Å². The molecule has 0 aliphatic carbocycles. The number of para-hydroxylation sites is 4. The van der Waals surface area contributed by atoms with Crippen LogP contribution in [0.4, 0.5) is 68.2 Å². The molecule has 0 bridgehead atoms. The van der Waals surface area contributed by atoms with E-state index in [-0.39, 0.29) is 17.5 Å². The van der Waals surface area contributed by atoms with Gasteiger partial charge in [-0.05, 0) is 169 Å². The molecule has 89 heavy (non-hydrogen) atoms. The fraction of sp³-hybridized carbons (Fsp3) is 0.0976. The molecule has 0 N–H and O–H groups in total. The van der Waals surface area contributed by atoms with Crippen LogP contribution in [0.25, 0.3) is 63.7 Å². The third-order valence-corrected chi connectivity index (χ3v) is 19.9. The first kappa shape index (κ1) is 52.9. The molecule has 7 heteroatoms. The third kappa shape index (κ3) is 8.43. The van der Waals surface area contributed by atoms with Crippen LogP contribution in [0.1, 0.15) is 52.7 Å². The van der Waals surface area contributed by atoms with Crippen molar-refractivity contribution in [2.75, 3.05) is 19.6 Å². The molecule has 2 aromatic heterocycles. The molecule has 2 aliphatic rings. The Hall–Kier alpha value is -10.3. The van der Waals surface area contributed by atoms with E-state index in [1.54, 1.807) is 0 Å². The van der Waals surface area contributed by atoms with Crippen LogP contribution in [0.2, 0.25) is 0 Å². The monoisotopic (exact) mass is 1160 g/mol. The molecule has 2 aliphatic heterocycles. The molecule has 0 unspecified atom stereocenters. The molecule has 0 fully saturated rings. The SMILES string of the molecule is CC(C)(C)c1ccc(N2c3cc(N(c4ccc5ccc6ccccc6c5c4)c4cccc5c4oc4ccccc45)ccc3B3c4c2cccc4N(c2ccc(C(C)(C)C)cc2)c2cc(N(c4ccccc4)c4ccccc4)c4c(sc5ccccc54)c23)cc1. The Balaban J connectivity index is 0.981. The van der Waals surface area contributed by atoms with Crippen LogP contribution in [-0.4, -0.2) is 6.71 Å². The molecule has 4 heterocycles. The molecule has 5 nitrogen and oxygen atoms in total. The first-order valence-corrected chi connectivity index (χ1v) is 31.8. The lowest BCUT2D eigenvalue weighted by Gasteiger charge is -2.45. The van der Waals surface area contributed by atoms with Crippen LogP contribution >= 0.6 is 11.3 Å². The van der Waals surface area contributed by atoms with Crippen LogP contribution in [-0.2, 0) is 10.8 Å². The highest BCUT2D eigenvalue weighted by Gasteiger charge is 2.46. The molecule has 13 aromatic carbocycles. The number of rotatable bonds is 8. The minimum Gasteiger partial charge on any atom is -0.454 e. The van der Waals surface area contributed by atoms with E-state index in [0.29, 0.717) is 0 Å². The maximum atomic E-state index is 7.01. The highest BCUT2D eigenvalue weighted by molar-refractivity contribution is 7.28. The van der Waals surface area contributed by atoms with E-state index in [1.807, 2.05) is 11.3 Å².